The number of ether oxygens (including phenoxy) is 2. The van der Waals surface area contributed by atoms with Crippen LogP contribution in [-0.4, -0.2) is 28.4 Å². The topological polar surface area (TPSA) is 94.5 Å². The molecule has 2 heterocycles. The molecule has 5 rings (SSSR count). The number of hydrogen-bond donors (Lipinski definition) is 2. The third-order valence-electron chi connectivity index (χ3n) is 5.96. The van der Waals surface area contributed by atoms with Gasteiger partial charge < -0.3 is 20.1 Å². The second kappa shape index (κ2) is 9.58. The number of rotatable bonds is 6. The van der Waals surface area contributed by atoms with Gasteiger partial charge in [-0.1, -0.05) is 35.9 Å². The molecule has 0 saturated carbocycles. The molecule has 0 atom stereocenters. The molecule has 0 spiro atoms. The van der Waals surface area contributed by atoms with Crippen molar-refractivity contribution in [2.45, 2.75) is 27.3 Å². The maximum atomic E-state index is 12.7. The number of aromatic nitrogens is 2. The lowest BCUT2D eigenvalue weighted by Crippen LogP contribution is -2.22. The third kappa shape index (κ3) is 4.65. The van der Waals surface area contributed by atoms with Crippen LogP contribution in [0.1, 0.15) is 34.1 Å². The summed E-state index contributed by atoms with van der Waals surface area (Å²) in [6.45, 7) is 5.99. The van der Waals surface area contributed by atoms with Crippen LogP contribution in [0.25, 0.3) is 16.8 Å². The van der Waals surface area contributed by atoms with Crippen LogP contribution in [0, 0.1) is 13.8 Å². The molecule has 182 valence electrons. The van der Waals surface area contributed by atoms with Gasteiger partial charge in [-0.3, -0.25) is 9.59 Å². The Morgan fingerprint density at radius 1 is 0.944 bits per heavy atom. The number of nitrogens with one attached hydrogen (secondary N) is 2. The second-order valence-corrected chi connectivity index (χ2v) is 8.69. The number of amides is 2. The summed E-state index contributed by atoms with van der Waals surface area (Å²) in [6, 6.07) is 20.8. The average molecular weight is 483 g/mol. The molecule has 36 heavy (non-hydrogen) atoms. The lowest BCUT2D eigenvalue weighted by atomic mass is 10.0. The van der Waals surface area contributed by atoms with Crippen molar-refractivity contribution in [1.82, 2.24) is 15.1 Å². The monoisotopic (exact) mass is 482 g/mol. The minimum absolute atomic E-state index is 0.191. The number of aryl methyl sites for hydroxylation is 2. The van der Waals surface area contributed by atoms with Crippen molar-refractivity contribution in [2.75, 3.05) is 12.1 Å². The number of benzene rings is 3. The minimum Gasteiger partial charge on any atom is -0.454 e. The summed E-state index contributed by atoms with van der Waals surface area (Å²) in [5.74, 6) is 1.59. The first-order valence-electron chi connectivity index (χ1n) is 11.6. The number of carbonyl (C=O) groups excluding carboxylic acids is 2. The van der Waals surface area contributed by atoms with Crippen molar-refractivity contribution in [3.8, 4) is 28.3 Å². The highest BCUT2D eigenvalue weighted by atomic mass is 16.7. The van der Waals surface area contributed by atoms with Crippen LogP contribution in [0.3, 0.4) is 0 Å². The highest BCUT2D eigenvalue weighted by Gasteiger charge is 2.20. The summed E-state index contributed by atoms with van der Waals surface area (Å²) in [7, 11) is 0. The molecule has 1 aliphatic heterocycles. The van der Waals surface area contributed by atoms with Crippen molar-refractivity contribution < 1.29 is 19.1 Å². The molecule has 3 aromatic carbocycles. The second-order valence-electron chi connectivity index (χ2n) is 8.69. The van der Waals surface area contributed by atoms with E-state index in [-0.39, 0.29) is 18.6 Å². The molecular weight excluding hydrogens is 456 g/mol. The van der Waals surface area contributed by atoms with Crippen molar-refractivity contribution >= 4 is 17.6 Å². The molecule has 2 amide bonds. The summed E-state index contributed by atoms with van der Waals surface area (Å²) >= 11 is 0. The van der Waals surface area contributed by atoms with E-state index in [1.165, 1.54) is 6.92 Å². The summed E-state index contributed by atoms with van der Waals surface area (Å²) in [5.41, 5.74) is 5.92. The highest BCUT2D eigenvalue weighted by molar-refractivity contribution is 5.95. The molecular formula is C28H26N4O4. The first-order valence-corrected chi connectivity index (χ1v) is 11.6. The molecule has 0 bridgehead atoms. The van der Waals surface area contributed by atoms with Gasteiger partial charge in [-0.15, -0.1) is 0 Å². The quantitative estimate of drug-likeness (QED) is 0.413. The predicted molar refractivity (Wildman–Crippen MR) is 137 cm³/mol. The predicted octanol–water partition coefficient (Wildman–Crippen LogP) is 4.77. The molecule has 0 radical (unpaired) electrons. The number of hydrogen-bond acceptors (Lipinski definition) is 5. The van der Waals surface area contributed by atoms with Gasteiger partial charge in [0.1, 0.15) is 5.82 Å². The lowest BCUT2D eigenvalue weighted by molar-refractivity contribution is -0.114. The Bertz CT molecular complexity index is 1440. The van der Waals surface area contributed by atoms with Crippen molar-refractivity contribution in [1.29, 1.82) is 0 Å². The van der Waals surface area contributed by atoms with Crippen LogP contribution in [0.5, 0.6) is 11.5 Å². The molecule has 0 saturated heterocycles. The van der Waals surface area contributed by atoms with E-state index in [0.29, 0.717) is 29.4 Å². The van der Waals surface area contributed by atoms with Crippen LogP contribution >= 0.6 is 0 Å². The summed E-state index contributed by atoms with van der Waals surface area (Å²) in [4.78, 5) is 24.8. The van der Waals surface area contributed by atoms with E-state index in [9.17, 15) is 9.59 Å². The molecule has 1 aliphatic rings. The zero-order valence-corrected chi connectivity index (χ0v) is 20.3. The Hall–Kier alpha value is -4.59. The maximum absolute atomic E-state index is 12.7. The normalized spacial score (nSPS) is 11.9. The van der Waals surface area contributed by atoms with Crippen LogP contribution in [0.4, 0.5) is 5.82 Å². The smallest absolute Gasteiger partial charge is 0.251 e. The SMILES string of the molecule is CC(=O)Nc1c(-c2ccc(C)cc2)c(C)nn1-c1ccc(C(=O)NCc2ccc3c(c2)OCO3)cc1. The first-order chi connectivity index (χ1) is 17.4. The largest absolute Gasteiger partial charge is 0.454 e. The molecule has 0 fully saturated rings. The van der Waals surface area contributed by atoms with E-state index in [1.807, 2.05) is 68.4 Å². The van der Waals surface area contributed by atoms with Gasteiger partial charge in [-0.2, -0.15) is 5.10 Å². The fourth-order valence-electron chi connectivity index (χ4n) is 4.15. The molecule has 0 aliphatic carbocycles. The van der Waals surface area contributed by atoms with E-state index < -0.39 is 0 Å². The third-order valence-corrected chi connectivity index (χ3v) is 5.96. The minimum atomic E-state index is -0.196. The molecule has 1 aromatic heterocycles. The van der Waals surface area contributed by atoms with Crippen molar-refractivity contribution in [3.63, 3.8) is 0 Å². The lowest BCUT2D eigenvalue weighted by Gasteiger charge is -2.11. The van der Waals surface area contributed by atoms with Crippen LogP contribution in [0.15, 0.2) is 66.7 Å². The zero-order valence-electron chi connectivity index (χ0n) is 20.3. The Kier molecular flexibility index (Phi) is 6.16. The number of nitrogens with zero attached hydrogens (tertiary/aromatic N) is 2. The van der Waals surface area contributed by atoms with Gasteiger partial charge in [0.05, 0.1) is 11.4 Å². The van der Waals surface area contributed by atoms with Crippen molar-refractivity contribution in [3.05, 3.63) is 89.1 Å². The fourth-order valence-corrected chi connectivity index (χ4v) is 4.15. The molecule has 8 nitrogen and oxygen atoms in total. The Labute approximate surface area is 208 Å². The summed E-state index contributed by atoms with van der Waals surface area (Å²) in [6.07, 6.45) is 0. The van der Waals surface area contributed by atoms with Crippen LogP contribution in [0.2, 0.25) is 0 Å². The number of fused-ring (bicyclic) bond motifs is 1. The first kappa shape index (κ1) is 23.2. The van der Waals surface area contributed by atoms with E-state index >= 15 is 0 Å². The average Bonchev–Trinajstić information content (AvgIpc) is 3.46. The number of anilines is 1. The summed E-state index contributed by atoms with van der Waals surface area (Å²) < 4.78 is 12.4. The molecule has 2 N–H and O–H groups in total. The van der Waals surface area contributed by atoms with Gasteiger partial charge >= 0.3 is 0 Å². The standard InChI is InChI=1S/C28H26N4O4/c1-17-4-7-21(8-5-17)26-18(2)31-32(27(26)30-19(3)33)23-11-9-22(10-12-23)28(34)29-15-20-6-13-24-25(14-20)36-16-35-24/h4-14H,15-16H2,1-3H3,(H,29,34)(H,30,33). The van der Waals surface area contributed by atoms with Crippen LogP contribution < -0.4 is 20.1 Å². The van der Waals surface area contributed by atoms with Crippen LogP contribution in [-0.2, 0) is 11.3 Å². The van der Waals surface area contributed by atoms with Gasteiger partial charge in [0, 0.05) is 24.6 Å². The Morgan fingerprint density at radius 3 is 2.39 bits per heavy atom. The fraction of sp³-hybridized carbons (Fsp3) is 0.179. The van der Waals surface area contributed by atoms with Gasteiger partial charge in [0.2, 0.25) is 12.7 Å². The summed E-state index contributed by atoms with van der Waals surface area (Å²) in [5, 5.41) is 10.5. The van der Waals surface area contributed by atoms with Gasteiger partial charge in [-0.05, 0) is 61.4 Å². The molecule has 8 heteroatoms. The van der Waals surface area contributed by atoms with Gasteiger partial charge in [0.25, 0.3) is 5.91 Å². The van der Waals surface area contributed by atoms with E-state index in [2.05, 4.69) is 10.6 Å². The molecule has 0 unspecified atom stereocenters. The molecule has 4 aromatic rings. The van der Waals surface area contributed by atoms with E-state index in [0.717, 1.165) is 33.6 Å². The van der Waals surface area contributed by atoms with Crippen molar-refractivity contribution in [2.24, 2.45) is 0 Å². The van der Waals surface area contributed by atoms with Gasteiger partial charge in [-0.25, -0.2) is 4.68 Å². The maximum Gasteiger partial charge on any atom is 0.251 e. The van der Waals surface area contributed by atoms with E-state index in [4.69, 9.17) is 14.6 Å². The Morgan fingerprint density at radius 2 is 1.67 bits per heavy atom. The number of carbonyl (C=O) groups is 2. The Balaban J connectivity index is 1.37. The zero-order chi connectivity index (χ0) is 25.2. The van der Waals surface area contributed by atoms with Gasteiger partial charge in [0.15, 0.2) is 11.5 Å². The van der Waals surface area contributed by atoms with E-state index in [1.54, 1.807) is 16.8 Å². The highest BCUT2D eigenvalue weighted by Crippen LogP contribution is 2.34.